The summed E-state index contributed by atoms with van der Waals surface area (Å²) in [5, 5.41) is 7.54. The van der Waals surface area contributed by atoms with Gasteiger partial charge in [0.2, 0.25) is 5.91 Å². The summed E-state index contributed by atoms with van der Waals surface area (Å²) in [6, 6.07) is 6.07. The van der Waals surface area contributed by atoms with Gasteiger partial charge in [0.1, 0.15) is 16.9 Å². The number of cyclic esters (lactones) is 1. The van der Waals surface area contributed by atoms with Crippen LogP contribution in [-0.2, 0) is 9.53 Å². The van der Waals surface area contributed by atoms with Crippen LogP contribution in [0.15, 0.2) is 24.3 Å². The first-order valence-electron chi connectivity index (χ1n) is 10.8. The van der Waals surface area contributed by atoms with Gasteiger partial charge in [-0.05, 0) is 42.7 Å². The van der Waals surface area contributed by atoms with Crippen molar-refractivity contribution >= 4 is 45.9 Å². The number of ether oxygens (including phenoxy) is 1. The van der Waals surface area contributed by atoms with Crippen LogP contribution in [0.2, 0.25) is 0 Å². The zero-order valence-corrected chi connectivity index (χ0v) is 19.7. The molecule has 4 amide bonds. The Morgan fingerprint density at radius 2 is 2.12 bits per heavy atom. The minimum absolute atomic E-state index is 0.200. The number of carbonyl (C=O) groups excluding carboxylic acids is 3. The molecule has 0 radical (unpaired) electrons. The van der Waals surface area contributed by atoms with E-state index in [9.17, 15) is 14.4 Å². The van der Waals surface area contributed by atoms with E-state index in [4.69, 9.17) is 4.74 Å². The molecule has 0 aliphatic carbocycles. The highest BCUT2D eigenvalue weighted by atomic mass is 32.1. The van der Waals surface area contributed by atoms with Crippen molar-refractivity contribution in [1.82, 2.24) is 20.1 Å². The zero-order valence-electron chi connectivity index (χ0n) is 18.8. The van der Waals surface area contributed by atoms with E-state index in [1.54, 1.807) is 18.2 Å². The van der Waals surface area contributed by atoms with Crippen molar-refractivity contribution < 1.29 is 23.5 Å². The number of rotatable bonds is 5. The Bertz CT molecular complexity index is 1080. The Hall–Kier alpha value is -3.45. The number of aryl methyl sites for hydroxylation is 1. The number of hydrogen-bond donors (Lipinski definition) is 3. The van der Waals surface area contributed by atoms with Crippen LogP contribution in [-0.4, -0.2) is 72.8 Å². The van der Waals surface area contributed by atoms with E-state index in [0.29, 0.717) is 42.6 Å². The molecule has 2 aliphatic heterocycles. The molecule has 1 aromatic carbocycles. The highest BCUT2D eigenvalue weighted by Crippen LogP contribution is 2.28. The summed E-state index contributed by atoms with van der Waals surface area (Å²) < 4.78 is 24.4. The highest BCUT2D eigenvalue weighted by Gasteiger charge is 2.33. The van der Waals surface area contributed by atoms with Gasteiger partial charge in [0.25, 0.3) is 0 Å². The smallest absolute Gasteiger partial charge is 0.414 e. The van der Waals surface area contributed by atoms with Gasteiger partial charge in [-0.1, -0.05) is 0 Å². The van der Waals surface area contributed by atoms with E-state index >= 15 is 4.39 Å². The van der Waals surface area contributed by atoms with Crippen molar-refractivity contribution in [2.45, 2.75) is 20.0 Å². The summed E-state index contributed by atoms with van der Waals surface area (Å²) in [5.41, 5.74) is 4.65. The van der Waals surface area contributed by atoms with Crippen LogP contribution >= 0.6 is 11.5 Å². The molecule has 182 valence electrons. The topological polar surface area (TPSA) is 119 Å². The molecular weight excluding hydrogens is 465 g/mol. The van der Waals surface area contributed by atoms with Crippen LogP contribution in [0.1, 0.15) is 12.6 Å². The van der Waals surface area contributed by atoms with Crippen molar-refractivity contribution in [3.8, 4) is 0 Å². The molecule has 2 fully saturated rings. The second-order valence-corrected chi connectivity index (χ2v) is 8.80. The lowest BCUT2D eigenvalue weighted by atomic mass is 10.2. The molecule has 3 N–H and O–H groups in total. The van der Waals surface area contributed by atoms with Crippen molar-refractivity contribution in [3.05, 3.63) is 35.8 Å². The third kappa shape index (κ3) is 5.54. The Labute approximate surface area is 200 Å². The number of urea groups is 1. The molecule has 3 heterocycles. The van der Waals surface area contributed by atoms with Gasteiger partial charge in [0, 0.05) is 26.6 Å². The average Bonchev–Trinajstić information content (AvgIpc) is 3.27. The van der Waals surface area contributed by atoms with Crippen molar-refractivity contribution in [1.29, 1.82) is 0 Å². The maximum absolute atomic E-state index is 15.0. The molecule has 2 aromatic rings. The molecule has 13 heteroatoms. The van der Waals surface area contributed by atoms with E-state index in [1.807, 2.05) is 11.8 Å². The number of halogens is 1. The van der Waals surface area contributed by atoms with Crippen molar-refractivity contribution in [2.75, 3.05) is 54.4 Å². The number of amides is 4. The lowest BCUT2D eigenvalue weighted by Crippen LogP contribution is -2.45. The van der Waals surface area contributed by atoms with Gasteiger partial charge in [0.15, 0.2) is 0 Å². The third-order valence-electron chi connectivity index (χ3n) is 5.42. The lowest BCUT2D eigenvalue weighted by Gasteiger charge is -2.24. The van der Waals surface area contributed by atoms with Crippen LogP contribution in [0.4, 0.5) is 30.4 Å². The normalized spacial score (nSPS) is 18.5. The molecule has 2 aliphatic rings. The Balaban J connectivity index is 1.37. The standard InChI is InChI=1S/C21H26FN7O4S/c1-13-9-19(34-26-13)25-20(31)29-8-7-27(6-5-24-29)18-4-3-15(10-17(18)22)28-12-16(33-21(28)32)11-23-14(2)30/h3-4,9-10,16,24H,5-8,11-12H2,1-2H3,(H,23,30)(H,25,31)/t16-/m0/s1. The number of aromatic nitrogens is 1. The average molecular weight is 492 g/mol. The lowest BCUT2D eigenvalue weighted by molar-refractivity contribution is -0.119. The number of nitrogens with zero attached hydrogens (tertiary/aromatic N) is 4. The molecule has 0 spiro atoms. The first kappa shape index (κ1) is 23.7. The number of benzene rings is 1. The number of nitrogens with one attached hydrogen (secondary N) is 3. The summed E-state index contributed by atoms with van der Waals surface area (Å²) >= 11 is 1.21. The van der Waals surface area contributed by atoms with Gasteiger partial charge >= 0.3 is 12.1 Å². The van der Waals surface area contributed by atoms with Crippen LogP contribution in [0.3, 0.4) is 0 Å². The molecule has 0 unspecified atom stereocenters. The fourth-order valence-corrected chi connectivity index (χ4v) is 4.41. The minimum atomic E-state index is -0.584. The van der Waals surface area contributed by atoms with Gasteiger partial charge < -0.3 is 15.0 Å². The molecule has 0 saturated carbocycles. The van der Waals surface area contributed by atoms with Gasteiger partial charge in [0.05, 0.1) is 36.7 Å². The Kier molecular flexibility index (Phi) is 7.12. The SMILES string of the molecule is CC(=O)NC[C@H]1CN(c2ccc(N3CCNN(C(=O)Nc4cc(C)ns4)CC3)c(F)c2)C(=O)O1. The van der Waals surface area contributed by atoms with Crippen molar-refractivity contribution in [2.24, 2.45) is 0 Å². The second kappa shape index (κ2) is 10.2. The van der Waals surface area contributed by atoms with Crippen LogP contribution in [0.5, 0.6) is 0 Å². The quantitative estimate of drug-likeness (QED) is 0.585. The number of hydrazine groups is 1. The first-order chi connectivity index (χ1) is 16.3. The predicted molar refractivity (Wildman–Crippen MR) is 125 cm³/mol. The molecular formula is C21H26FN7O4S. The fraction of sp³-hybridized carbons (Fsp3) is 0.429. The van der Waals surface area contributed by atoms with E-state index in [1.165, 1.54) is 34.4 Å². The third-order valence-corrected chi connectivity index (χ3v) is 6.21. The van der Waals surface area contributed by atoms with Gasteiger partial charge in [-0.2, -0.15) is 4.37 Å². The summed E-state index contributed by atoms with van der Waals surface area (Å²) in [6.07, 6.45) is -1.08. The molecule has 34 heavy (non-hydrogen) atoms. The van der Waals surface area contributed by atoms with Crippen LogP contribution in [0.25, 0.3) is 0 Å². The van der Waals surface area contributed by atoms with Crippen LogP contribution < -0.4 is 25.9 Å². The molecule has 1 atom stereocenters. The van der Waals surface area contributed by atoms with Crippen molar-refractivity contribution in [3.63, 3.8) is 0 Å². The highest BCUT2D eigenvalue weighted by molar-refractivity contribution is 7.10. The first-order valence-corrected chi connectivity index (χ1v) is 11.6. The van der Waals surface area contributed by atoms with Crippen LogP contribution in [0, 0.1) is 12.7 Å². The second-order valence-electron chi connectivity index (χ2n) is 8.00. The van der Waals surface area contributed by atoms with Gasteiger partial charge in [-0.15, -0.1) is 0 Å². The van der Waals surface area contributed by atoms with Gasteiger partial charge in [-0.25, -0.2) is 19.4 Å². The van der Waals surface area contributed by atoms with E-state index in [-0.39, 0.29) is 25.0 Å². The van der Waals surface area contributed by atoms with Gasteiger partial charge in [-0.3, -0.25) is 20.0 Å². The maximum Gasteiger partial charge on any atom is 0.414 e. The predicted octanol–water partition coefficient (Wildman–Crippen LogP) is 1.91. The summed E-state index contributed by atoms with van der Waals surface area (Å²) in [5.74, 6) is -0.694. The largest absolute Gasteiger partial charge is 0.442 e. The summed E-state index contributed by atoms with van der Waals surface area (Å²) in [4.78, 5) is 39.0. The van der Waals surface area contributed by atoms with E-state index in [0.717, 1.165) is 5.69 Å². The minimum Gasteiger partial charge on any atom is -0.442 e. The number of anilines is 3. The summed E-state index contributed by atoms with van der Waals surface area (Å²) in [7, 11) is 0. The molecule has 2 saturated heterocycles. The Morgan fingerprint density at radius 3 is 2.82 bits per heavy atom. The molecule has 4 rings (SSSR count). The monoisotopic (exact) mass is 491 g/mol. The number of hydrogen-bond acceptors (Lipinski definition) is 8. The zero-order chi connectivity index (χ0) is 24.2. The molecule has 11 nitrogen and oxygen atoms in total. The maximum atomic E-state index is 15.0. The molecule has 1 aromatic heterocycles. The molecule has 0 bridgehead atoms. The van der Waals surface area contributed by atoms with E-state index in [2.05, 4.69) is 20.4 Å². The van der Waals surface area contributed by atoms with E-state index < -0.39 is 18.0 Å². The fourth-order valence-electron chi connectivity index (χ4n) is 3.76. The number of carbonyl (C=O) groups is 3. The Morgan fingerprint density at radius 1 is 1.29 bits per heavy atom. The summed E-state index contributed by atoms with van der Waals surface area (Å²) in [6.45, 7) is 5.35.